The Hall–Kier alpha value is -0.745. The average Bonchev–Trinajstić information content (AvgIpc) is 3.07. The molecule has 5 atom stereocenters. The standard InChI is InChI=1S/C19H32BNO4/c1-17(2,3)23-16(22)21-9-7-8-15(21)20-24-14-11-12-10-13(18(12,4)5)19(14,6)25-20/h12-15H,7-11H2,1-6H3/t12-,13-,14+,15+,19-/m0/s1. The molecule has 3 saturated carbocycles. The quantitative estimate of drug-likeness (QED) is 0.678. The molecule has 2 saturated heterocycles. The third-order valence-corrected chi connectivity index (χ3v) is 7.21. The zero-order valence-electron chi connectivity index (χ0n) is 16.5. The van der Waals surface area contributed by atoms with Crippen LogP contribution >= 0.6 is 0 Å². The number of amides is 1. The highest BCUT2D eigenvalue weighted by atomic mass is 16.7. The first-order valence-corrected chi connectivity index (χ1v) is 9.85. The maximum atomic E-state index is 12.6. The molecule has 2 aliphatic heterocycles. The number of likely N-dealkylation sites (tertiary alicyclic amines) is 1. The third kappa shape index (κ3) is 2.63. The second kappa shape index (κ2) is 5.38. The largest absolute Gasteiger partial charge is 0.482 e. The van der Waals surface area contributed by atoms with Crippen LogP contribution in [0.4, 0.5) is 4.79 Å². The minimum atomic E-state index is -0.479. The summed E-state index contributed by atoms with van der Waals surface area (Å²) in [6.07, 6.45) is 4.14. The number of hydrogen-bond donors (Lipinski definition) is 0. The van der Waals surface area contributed by atoms with Crippen molar-refractivity contribution >= 4 is 13.2 Å². The summed E-state index contributed by atoms with van der Waals surface area (Å²) >= 11 is 0. The predicted octanol–water partition coefficient (Wildman–Crippen LogP) is 3.65. The Kier molecular flexibility index (Phi) is 3.80. The Morgan fingerprint density at radius 3 is 2.60 bits per heavy atom. The van der Waals surface area contributed by atoms with Crippen LogP contribution in [0, 0.1) is 17.3 Å². The van der Waals surface area contributed by atoms with E-state index < -0.39 is 5.60 Å². The van der Waals surface area contributed by atoms with Gasteiger partial charge in [-0.05, 0) is 70.6 Å². The molecule has 2 heterocycles. The van der Waals surface area contributed by atoms with Crippen molar-refractivity contribution in [1.82, 2.24) is 4.90 Å². The molecule has 5 aliphatic rings. The van der Waals surface area contributed by atoms with Gasteiger partial charge in [-0.1, -0.05) is 13.8 Å². The Morgan fingerprint density at radius 2 is 1.96 bits per heavy atom. The minimum absolute atomic E-state index is 0.0300. The zero-order chi connectivity index (χ0) is 18.2. The van der Waals surface area contributed by atoms with E-state index >= 15 is 0 Å². The van der Waals surface area contributed by atoms with Crippen molar-refractivity contribution in [3.8, 4) is 0 Å². The molecule has 2 bridgehead atoms. The third-order valence-electron chi connectivity index (χ3n) is 7.21. The lowest BCUT2D eigenvalue weighted by molar-refractivity contribution is -0.199. The first-order valence-electron chi connectivity index (χ1n) is 9.85. The maximum absolute atomic E-state index is 12.6. The molecule has 25 heavy (non-hydrogen) atoms. The molecular formula is C19H32BNO4. The number of nitrogens with zero attached hydrogens (tertiary/aromatic N) is 1. The van der Waals surface area contributed by atoms with Gasteiger partial charge in [-0.2, -0.15) is 0 Å². The highest BCUT2D eigenvalue weighted by Gasteiger charge is 2.69. The highest BCUT2D eigenvalue weighted by molar-refractivity contribution is 6.47. The molecule has 0 radical (unpaired) electrons. The monoisotopic (exact) mass is 349 g/mol. The van der Waals surface area contributed by atoms with Gasteiger partial charge < -0.3 is 18.9 Å². The van der Waals surface area contributed by atoms with Crippen LogP contribution in [0.2, 0.25) is 0 Å². The molecule has 1 amide bonds. The van der Waals surface area contributed by atoms with Gasteiger partial charge in [0.2, 0.25) is 0 Å². The van der Waals surface area contributed by atoms with E-state index in [0.29, 0.717) is 11.3 Å². The van der Waals surface area contributed by atoms with Crippen molar-refractivity contribution in [2.45, 2.75) is 90.5 Å². The summed E-state index contributed by atoms with van der Waals surface area (Å²) in [7, 11) is -0.319. The molecule has 0 unspecified atom stereocenters. The van der Waals surface area contributed by atoms with Gasteiger partial charge in [0.05, 0.1) is 17.6 Å². The summed E-state index contributed by atoms with van der Waals surface area (Å²) in [5.41, 5.74) is -0.359. The number of hydrogen-bond acceptors (Lipinski definition) is 4. The van der Waals surface area contributed by atoms with Crippen LogP contribution in [-0.4, -0.2) is 47.9 Å². The van der Waals surface area contributed by atoms with Crippen LogP contribution in [0.15, 0.2) is 0 Å². The molecule has 0 spiro atoms. The minimum Gasteiger partial charge on any atom is -0.444 e. The van der Waals surface area contributed by atoms with Crippen molar-refractivity contribution in [3.05, 3.63) is 0 Å². The van der Waals surface area contributed by atoms with E-state index in [1.165, 1.54) is 6.42 Å². The van der Waals surface area contributed by atoms with Crippen LogP contribution in [0.5, 0.6) is 0 Å². The van der Waals surface area contributed by atoms with Crippen molar-refractivity contribution in [2.75, 3.05) is 6.54 Å². The van der Waals surface area contributed by atoms with Crippen LogP contribution in [0.1, 0.15) is 67.2 Å². The fourth-order valence-electron chi connectivity index (χ4n) is 5.69. The summed E-state index contributed by atoms with van der Waals surface area (Å²) < 4.78 is 18.5. The zero-order valence-corrected chi connectivity index (χ0v) is 16.5. The molecular weight excluding hydrogens is 317 g/mol. The molecule has 6 heteroatoms. The molecule has 5 nitrogen and oxygen atoms in total. The topological polar surface area (TPSA) is 48.0 Å². The van der Waals surface area contributed by atoms with Crippen molar-refractivity contribution in [2.24, 2.45) is 17.3 Å². The number of carbonyl (C=O) groups is 1. The summed E-state index contributed by atoms with van der Waals surface area (Å²) in [5.74, 6) is 1.26. The summed E-state index contributed by atoms with van der Waals surface area (Å²) in [4.78, 5) is 14.4. The van der Waals surface area contributed by atoms with Gasteiger partial charge >= 0.3 is 13.2 Å². The SMILES string of the molecule is CC(C)(C)OC(=O)N1CCC[C@@H]1B1O[C@@H]2C[C@@H]3C[C@@H](C3(C)C)[C@]2(C)O1. The van der Waals surface area contributed by atoms with E-state index in [4.69, 9.17) is 14.0 Å². The van der Waals surface area contributed by atoms with Gasteiger partial charge in [0.15, 0.2) is 0 Å². The molecule has 5 rings (SSSR count). The Morgan fingerprint density at radius 1 is 1.24 bits per heavy atom. The summed E-state index contributed by atoms with van der Waals surface area (Å²) in [6.45, 7) is 13.4. The fraction of sp³-hybridized carbons (Fsp3) is 0.947. The second-order valence-corrected chi connectivity index (χ2v) is 10.2. The molecule has 0 aromatic carbocycles. The van der Waals surface area contributed by atoms with Gasteiger partial charge in [-0.15, -0.1) is 0 Å². The van der Waals surface area contributed by atoms with Gasteiger partial charge in [0.25, 0.3) is 0 Å². The second-order valence-electron chi connectivity index (χ2n) is 10.2. The molecule has 0 aromatic rings. The van der Waals surface area contributed by atoms with Crippen molar-refractivity contribution in [3.63, 3.8) is 0 Å². The molecule has 0 aromatic heterocycles. The fourth-order valence-corrected chi connectivity index (χ4v) is 5.69. The van der Waals surface area contributed by atoms with Crippen molar-refractivity contribution in [1.29, 1.82) is 0 Å². The average molecular weight is 349 g/mol. The molecule has 140 valence electrons. The normalized spacial score (nSPS) is 42.2. The van der Waals surface area contributed by atoms with Gasteiger partial charge in [0.1, 0.15) is 5.60 Å². The Bertz CT molecular complexity index is 574. The Labute approximate surface area is 151 Å². The van der Waals surface area contributed by atoms with E-state index in [2.05, 4.69) is 20.8 Å². The van der Waals surface area contributed by atoms with Crippen LogP contribution < -0.4 is 0 Å². The number of rotatable bonds is 1. The first kappa shape index (κ1) is 17.7. The Balaban J connectivity index is 1.49. The lowest BCUT2D eigenvalue weighted by Crippen LogP contribution is -2.65. The molecule has 0 N–H and O–H groups in total. The number of ether oxygens (including phenoxy) is 1. The van der Waals surface area contributed by atoms with Crippen LogP contribution in [0.25, 0.3) is 0 Å². The predicted molar refractivity (Wildman–Crippen MR) is 96.1 cm³/mol. The van der Waals surface area contributed by atoms with E-state index in [1.54, 1.807) is 0 Å². The molecule has 5 fully saturated rings. The first-order chi connectivity index (χ1) is 11.5. The van der Waals surface area contributed by atoms with Gasteiger partial charge in [0, 0.05) is 6.54 Å². The van der Waals surface area contributed by atoms with Crippen LogP contribution in [0.3, 0.4) is 0 Å². The highest BCUT2D eigenvalue weighted by Crippen LogP contribution is 2.65. The molecule has 3 aliphatic carbocycles. The van der Waals surface area contributed by atoms with Crippen LogP contribution in [-0.2, 0) is 14.0 Å². The number of carbonyl (C=O) groups excluding carboxylic acids is 1. The van der Waals surface area contributed by atoms with E-state index in [-0.39, 0.29) is 30.9 Å². The smallest absolute Gasteiger partial charge is 0.444 e. The lowest BCUT2D eigenvalue weighted by atomic mass is 9.43. The van der Waals surface area contributed by atoms with Gasteiger partial charge in [-0.3, -0.25) is 0 Å². The summed E-state index contributed by atoms with van der Waals surface area (Å²) in [6, 6.07) is 0. The van der Waals surface area contributed by atoms with Crippen molar-refractivity contribution < 1.29 is 18.8 Å². The van der Waals surface area contributed by atoms with E-state index in [1.807, 2.05) is 25.7 Å². The van der Waals surface area contributed by atoms with E-state index in [0.717, 1.165) is 31.7 Å². The maximum Gasteiger partial charge on any atom is 0.482 e. The summed E-state index contributed by atoms with van der Waals surface area (Å²) in [5, 5.41) is 0. The lowest BCUT2D eigenvalue weighted by Gasteiger charge is -2.64. The van der Waals surface area contributed by atoms with Gasteiger partial charge in [-0.25, -0.2) is 4.79 Å². The van der Waals surface area contributed by atoms with E-state index in [9.17, 15) is 4.79 Å².